The number of nitrogens with zero attached hydrogens (tertiary/aromatic N) is 1. The molecule has 1 N–H and O–H groups in total. The average Bonchev–Trinajstić information content (AvgIpc) is 2.69. The fourth-order valence-corrected chi connectivity index (χ4v) is 4.14. The number of fused-ring (bicyclic) bond motifs is 3. The van der Waals surface area contributed by atoms with Crippen LogP contribution in [0.4, 0.5) is 4.39 Å². The molecular formula is C20H13BrFNO6S. The smallest absolute Gasteiger partial charge is 0.354 e. The predicted octanol–water partition coefficient (Wildman–Crippen LogP) is 3.17. The number of hydrogen-bond donors (Lipinski definition) is 1. The van der Waals surface area contributed by atoms with Crippen molar-refractivity contribution in [3.05, 3.63) is 79.1 Å². The second-order valence-corrected chi connectivity index (χ2v) is 9.53. The van der Waals surface area contributed by atoms with Crippen molar-refractivity contribution in [3.8, 4) is 5.75 Å². The van der Waals surface area contributed by atoms with Crippen molar-refractivity contribution < 1.29 is 22.3 Å². The normalized spacial score (nSPS) is 12.0. The summed E-state index contributed by atoms with van der Waals surface area (Å²) in [6, 6.07) is 9.47. The van der Waals surface area contributed by atoms with E-state index in [-0.39, 0.29) is 37.8 Å². The molecule has 30 heavy (non-hydrogen) atoms. The molecule has 0 aliphatic rings. The number of pyridine rings is 1. The van der Waals surface area contributed by atoms with Crippen molar-refractivity contribution in [1.82, 2.24) is 4.57 Å². The molecule has 2 aromatic carbocycles. The second-order valence-electron chi connectivity index (χ2n) is 6.73. The minimum absolute atomic E-state index is 0.0328. The van der Waals surface area contributed by atoms with Gasteiger partial charge in [-0.2, -0.15) is 0 Å². The molecule has 4 rings (SSSR count). The third-order valence-electron chi connectivity index (χ3n) is 4.69. The molecular weight excluding hydrogens is 481 g/mol. The zero-order chi connectivity index (χ0) is 21.8. The Labute approximate surface area is 177 Å². The molecule has 7 nitrogen and oxygen atoms in total. The molecule has 10 heteroatoms. The molecule has 0 amide bonds. The Morgan fingerprint density at radius 1 is 1.13 bits per heavy atom. The monoisotopic (exact) mass is 493 g/mol. The zero-order valence-corrected chi connectivity index (χ0v) is 17.8. The fourth-order valence-electron chi connectivity index (χ4n) is 3.22. The SMILES string of the molecule is CS(=O)(=O)c1ccc2c3oc(=O)c(Br)c(O)c3c(=O)n(Cc3ccc(F)cc3)c2c1. The minimum Gasteiger partial charge on any atom is -0.506 e. The predicted molar refractivity (Wildman–Crippen MR) is 112 cm³/mol. The Bertz CT molecular complexity index is 1560. The van der Waals surface area contributed by atoms with Crippen LogP contribution in [0.2, 0.25) is 0 Å². The van der Waals surface area contributed by atoms with Gasteiger partial charge in [-0.1, -0.05) is 12.1 Å². The summed E-state index contributed by atoms with van der Waals surface area (Å²) >= 11 is 2.91. The lowest BCUT2D eigenvalue weighted by molar-refractivity contribution is 0.462. The average molecular weight is 494 g/mol. The number of aromatic nitrogens is 1. The lowest BCUT2D eigenvalue weighted by atomic mass is 10.1. The first-order valence-corrected chi connectivity index (χ1v) is 11.2. The van der Waals surface area contributed by atoms with Crippen LogP contribution in [0.5, 0.6) is 5.75 Å². The van der Waals surface area contributed by atoms with E-state index in [2.05, 4.69) is 15.9 Å². The summed E-state index contributed by atoms with van der Waals surface area (Å²) in [5.74, 6) is -1.02. The molecule has 0 saturated heterocycles. The highest BCUT2D eigenvalue weighted by molar-refractivity contribution is 9.10. The maximum absolute atomic E-state index is 13.3. The van der Waals surface area contributed by atoms with Crippen LogP contribution >= 0.6 is 15.9 Å². The molecule has 0 aliphatic heterocycles. The molecule has 4 aromatic rings. The summed E-state index contributed by atoms with van der Waals surface area (Å²) in [5.41, 5.74) is -0.987. The van der Waals surface area contributed by atoms with Gasteiger partial charge in [0.15, 0.2) is 21.2 Å². The number of rotatable bonds is 3. The van der Waals surface area contributed by atoms with Crippen molar-refractivity contribution in [3.63, 3.8) is 0 Å². The number of halogens is 2. The van der Waals surface area contributed by atoms with Crippen LogP contribution in [-0.4, -0.2) is 24.3 Å². The van der Waals surface area contributed by atoms with Crippen molar-refractivity contribution in [1.29, 1.82) is 0 Å². The van der Waals surface area contributed by atoms with Crippen LogP contribution in [0.25, 0.3) is 21.9 Å². The first-order chi connectivity index (χ1) is 14.1. The van der Waals surface area contributed by atoms with Crippen LogP contribution in [0, 0.1) is 5.82 Å². The summed E-state index contributed by atoms with van der Waals surface area (Å²) in [6.07, 6.45) is 1.03. The Morgan fingerprint density at radius 2 is 1.80 bits per heavy atom. The number of benzene rings is 2. The minimum atomic E-state index is -3.59. The standard InChI is InChI=1S/C20H13BrFNO6S/c1-30(27,28)12-6-7-13-14(8-12)23(9-10-2-4-11(22)5-3-10)19(25)15-17(24)16(21)20(26)29-18(13)15/h2-8,24H,9H2,1H3. The van der Waals surface area contributed by atoms with Crippen molar-refractivity contribution in [2.75, 3.05) is 6.26 Å². The first-order valence-electron chi connectivity index (χ1n) is 8.54. The van der Waals surface area contributed by atoms with Crippen molar-refractivity contribution >= 4 is 47.6 Å². The second kappa shape index (κ2) is 7.06. The zero-order valence-electron chi connectivity index (χ0n) is 15.3. The van der Waals surface area contributed by atoms with Crippen molar-refractivity contribution in [2.24, 2.45) is 0 Å². The van der Waals surface area contributed by atoms with Gasteiger partial charge in [-0.25, -0.2) is 17.6 Å². The molecule has 0 bridgehead atoms. The van der Waals surface area contributed by atoms with Gasteiger partial charge in [0.2, 0.25) is 0 Å². The third-order valence-corrected chi connectivity index (χ3v) is 6.50. The number of aromatic hydroxyl groups is 1. The Balaban J connectivity index is 2.17. The molecule has 2 heterocycles. The van der Waals surface area contributed by atoms with Gasteiger partial charge < -0.3 is 14.1 Å². The Morgan fingerprint density at radius 3 is 2.43 bits per heavy atom. The highest BCUT2D eigenvalue weighted by Gasteiger charge is 2.21. The van der Waals surface area contributed by atoms with Gasteiger partial charge in [-0.05, 0) is 51.8 Å². The summed E-state index contributed by atoms with van der Waals surface area (Å²) in [4.78, 5) is 25.2. The van der Waals surface area contributed by atoms with Gasteiger partial charge in [0, 0.05) is 11.6 Å². The highest BCUT2D eigenvalue weighted by Crippen LogP contribution is 2.32. The summed E-state index contributed by atoms with van der Waals surface area (Å²) in [5, 5.41) is 10.5. The molecule has 0 atom stereocenters. The Kier molecular flexibility index (Phi) is 4.78. The van der Waals surface area contributed by atoms with E-state index in [0.717, 1.165) is 6.26 Å². The van der Waals surface area contributed by atoms with E-state index in [9.17, 15) is 27.5 Å². The number of hydrogen-bond acceptors (Lipinski definition) is 6. The van der Waals surface area contributed by atoms with Gasteiger partial charge in [0.1, 0.15) is 15.7 Å². The number of sulfone groups is 1. The molecule has 0 unspecified atom stereocenters. The van der Waals surface area contributed by atoms with E-state index < -0.39 is 32.6 Å². The molecule has 2 aromatic heterocycles. The topological polar surface area (TPSA) is 107 Å². The maximum Gasteiger partial charge on any atom is 0.354 e. The van der Waals surface area contributed by atoms with E-state index in [1.165, 1.54) is 47.0 Å². The van der Waals surface area contributed by atoms with E-state index >= 15 is 0 Å². The third kappa shape index (κ3) is 3.31. The van der Waals surface area contributed by atoms with Crippen LogP contribution < -0.4 is 11.2 Å². The first kappa shape index (κ1) is 20.3. The molecule has 0 aliphatic carbocycles. The lowest BCUT2D eigenvalue weighted by Gasteiger charge is -2.14. The molecule has 154 valence electrons. The van der Waals surface area contributed by atoms with Crippen LogP contribution in [0.1, 0.15) is 5.56 Å². The van der Waals surface area contributed by atoms with Gasteiger partial charge in [-0.3, -0.25) is 4.79 Å². The van der Waals surface area contributed by atoms with E-state index in [1.54, 1.807) is 0 Å². The molecule has 0 spiro atoms. The highest BCUT2D eigenvalue weighted by atomic mass is 79.9. The molecule has 0 radical (unpaired) electrons. The van der Waals surface area contributed by atoms with Gasteiger partial charge >= 0.3 is 5.63 Å². The van der Waals surface area contributed by atoms with Gasteiger partial charge in [0.05, 0.1) is 17.0 Å². The van der Waals surface area contributed by atoms with Crippen LogP contribution in [0.3, 0.4) is 0 Å². The fraction of sp³-hybridized carbons (Fsp3) is 0.100. The van der Waals surface area contributed by atoms with Crippen LogP contribution in [0.15, 0.2) is 65.8 Å². The van der Waals surface area contributed by atoms with Gasteiger partial charge in [0.25, 0.3) is 5.56 Å². The summed E-state index contributed by atoms with van der Waals surface area (Å²) < 4.78 is 43.5. The van der Waals surface area contributed by atoms with Crippen molar-refractivity contribution in [2.45, 2.75) is 11.4 Å². The Hall–Kier alpha value is -2.98. The summed E-state index contributed by atoms with van der Waals surface area (Å²) in [6.45, 7) is -0.0328. The van der Waals surface area contributed by atoms with E-state index in [1.807, 2.05) is 0 Å². The molecule has 0 fully saturated rings. The van der Waals surface area contributed by atoms with E-state index in [0.29, 0.717) is 5.56 Å². The summed E-state index contributed by atoms with van der Waals surface area (Å²) in [7, 11) is -3.59. The van der Waals surface area contributed by atoms with E-state index in [4.69, 9.17) is 4.42 Å². The van der Waals surface area contributed by atoms with Gasteiger partial charge in [-0.15, -0.1) is 0 Å². The molecule has 0 saturated carbocycles. The quantitative estimate of drug-likeness (QED) is 0.439. The maximum atomic E-state index is 13.3. The largest absolute Gasteiger partial charge is 0.506 e. The van der Waals surface area contributed by atoms with Crippen LogP contribution in [-0.2, 0) is 16.4 Å². The lowest BCUT2D eigenvalue weighted by Crippen LogP contribution is -2.23.